The highest BCUT2D eigenvalue weighted by atomic mass is 127. The third-order valence-corrected chi connectivity index (χ3v) is 4.67. The van der Waals surface area contributed by atoms with Gasteiger partial charge < -0.3 is 20.5 Å². The molecule has 7 heteroatoms. The van der Waals surface area contributed by atoms with Crippen LogP contribution in [0.25, 0.3) is 0 Å². The minimum absolute atomic E-state index is 0. The molecule has 0 bridgehead atoms. The van der Waals surface area contributed by atoms with Crippen LogP contribution in [0.2, 0.25) is 0 Å². The Labute approximate surface area is 180 Å². The molecule has 0 spiro atoms. The van der Waals surface area contributed by atoms with Gasteiger partial charge in [0.1, 0.15) is 0 Å². The largest absolute Gasteiger partial charge is 0.396 e. The van der Waals surface area contributed by atoms with Gasteiger partial charge in [-0.2, -0.15) is 0 Å². The van der Waals surface area contributed by atoms with Crippen molar-refractivity contribution in [2.75, 3.05) is 46.4 Å². The maximum atomic E-state index is 9.65. The van der Waals surface area contributed by atoms with E-state index in [0.717, 1.165) is 44.1 Å². The molecule has 0 aromatic heterocycles. The fourth-order valence-corrected chi connectivity index (χ4v) is 3.43. The summed E-state index contributed by atoms with van der Waals surface area (Å²) in [6.07, 6.45) is 1.69. The van der Waals surface area contributed by atoms with Crippen molar-refractivity contribution >= 4 is 29.9 Å². The van der Waals surface area contributed by atoms with Crippen molar-refractivity contribution in [1.29, 1.82) is 0 Å². The first-order valence-corrected chi connectivity index (χ1v) is 9.60. The lowest BCUT2D eigenvalue weighted by molar-refractivity contribution is -0.0679. The van der Waals surface area contributed by atoms with Crippen LogP contribution < -0.4 is 10.6 Å². The second kappa shape index (κ2) is 13.3. The first kappa shape index (κ1) is 24.1. The summed E-state index contributed by atoms with van der Waals surface area (Å²) >= 11 is 0. The number of nitrogens with zero attached hydrogens (tertiary/aromatic N) is 2. The summed E-state index contributed by atoms with van der Waals surface area (Å²) in [6.45, 7) is 8.98. The molecule has 27 heavy (non-hydrogen) atoms. The molecule has 0 aliphatic carbocycles. The summed E-state index contributed by atoms with van der Waals surface area (Å²) in [5, 5.41) is 16.3. The summed E-state index contributed by atoms with van der Waals surface area (Å²) in [5.74, 6) is 0.842. The Kier molecular flexibility index (Phi) is 11.9. The van der Waals surface area contributed by atoms with E-state index in [-0.39, 0.29) is 36.5 Å². The molecular formula is C20H35IN4O2. The quantitative estimate of drug-likeness (QED) is 0.225. The first-order valence-electron chi connectivity index (χ1n) is 9.60. The molecule has 1 fully saturated rings. The van der Waals surface area contributed by atoms with E-state index >= 15 is 0 Å². The van der Waals surface area contributed by atoms with Crippen LogP contribution in [0.4, 0.5) is 0 Å². The van der Waals surface area contributed by atoms with Gasteiger partial charge in [-0.15, -0.1) is 24.0 Å². The Bertz CT molecular complexity index is 534. The van der Waals surface area contributed by atoms with E-state index in [1.807, 2.05) is 30.3 Å². The summed E-state index contributed by atoms with van der Waals surface area (Å²) in [6, 6.07) is 10.1. The van der Waals surface area contributed by atoms with Crippen molar-refractivity contribution in [2.45, 2.75) is 38.4 Å². The number of aliphatic hydroxyl groups excluding tert-OH is 1. The standard InChI is InChI=1S/C20H34N4O2.HI/c1-16-13-24(14-17(2)26-16)11-7-10-22-20(21-3)23-12-19(15-25)18-8-5-4-6-9-18;/h4-6,8-9,16-17,19,25H,7,10-15H2,1-3H3,(H2,21,22,23);1H. The van der Waals surface area contributed by atoms with Crippen molar-refractivity contribution in [3.05, 3.63) is 35.9 Å². The SMILES string of the molecule is CN=C(NCCCN1CC(C)OC(C)C1)NCC(CO)c1ccccc1.I. The first-order chi connectivity index (χ1) is 12.6. The average Bonchev–Trinajstić information content (AvgIpc) is 2.64. The highest BCUT2D eigenvalue weighted by Gasteiger charge is 2.21. The lowest BCUT2D eigenvalue weighted by Crippen LogP contribution is -2.46. The molecule has 0 radical (unpaired) electrons. The Hall–Kier alpha value is -0.900. The number of rotatable bonds is 8. The van der Waals surface area contributed by atoms with Gasteiger partial charge in [-0.25, -0.2) is 0 Å². The molecule has 3 atom stereocenters. The topological polar surface area (TPSA) is 69.1 Å². The molecule has 3 unspecified atom stereocenters. The third kappa shape index (κ3) is 8.76. The molecule has 0 saturated carbocycles. The van der Waals surface area contributed by atoms with Crippen molar-refractivity contribution in [3.63, 3.8) is 0 Å². The van der Waals surface area contributed by atoms with Gasteiger partial charge in [0.2, 0.25) is 0 Å². The predicted octanol–water partition coefficient (Wildman–Crippen LogP) is 2.04. The molecule has 1 saturated heterocycles. The second-order valence-corrected chi connectivity index (χ2v) is 7.04. The summed E-state index contributed by atoms with van der Waals surface area (Å²) in [4.78, 5) is 6.74. The van der Waals surface area contributed by atoms with Crippen molar-refractivity contribution in [2.24, 2.45) is 4.99 Å². The van der Waals surface area contributed by atoms with Crippen LogP contribution in [0, 0.1) is 0 Å². The third-order valence-electron chi connectivity index (χ3n) is 4.67. The highest BCUT2D eigenvalue weighted by molar-refractivity contribution is 14.0. The van der Waals surface area contributed by atoms with Crippen LogP contribution in [-0.2, 0) is 4.74 Å². The highest BCUT2D eigenvalue weighted by Crippen LogP contribution is 2.13. The number of ether oxygens (including phenoxy) is 1. The fourth-order valence-electron chi connectivity index (χ4n) is 3.43. The molecule has 0 amide bonds. The van der Waals surface area contributed by atoms with Crippen LogP contribution in [0.1, 0.15) is 31.7 Å². The van der Waals surface area contributed by atoms with Gasteiger partial charge in [0, 0.05) is 45.7 Å². The minimum atomic E-state index is 0. The monoisotopic (exact) mass is 490 g/mol. The summed E-state index contributed by atoms with van der Waals surface area (Å²) < 4.78 is 5.77. The Morgan fingerprint density at radius 1 is 1.22 bits per heavy atom. The van der Waals surface area contributed by atoms with E-state index in [9.17, 15) is 5.11 Å². The van der Waals surface area contributed by atoms with E-state index < -0.39 is 0 Å². The maximum Gasteiger partial charge on any atom is 0.191 e. The van der Waals surface area contributed by atoms with Crippen LogP contribution in [0.15, 0.2) is 35.3 Å². The molecule has 1 aliphatic rings. The summed E-state index contributed by atoms with van der Waals surface area (Å²) in [7, 11) is 1.77. The lowest BCUT2D eigenvalue weighted by atomic mass is 10.0. The molecule has 3 N–H and O–H groups in total. The number of benzene rings is 1. The Balaban J connectivity index is 0.00000364. The van der Waals surface area contributed by atoms with Gasteiger partial charge in [-0.1, -0.05) is 30.3 Å². The molecule has 6 nitrogen and oxygen atoms in total. The molecule has 1 aromatic rings. The zero-order chi connectivity index (χ0) is 18.8. The summed E-state index contributed by atoms with van der Waals surface area (Å²) in [5.41, 5.74) is 1.13. The molecule has 2 rings (SSSR count). The minimum Gasteiger partial charge on any atom is -0.396 e. The number of halogens is 1. The number of aliphatic hydroxyl groups is 1. The number of hydrogen-bond acceptors (Lipinski definition) is 4. The van der Waals surface area contributed by atoms with Gasteiger partial charge in [0.15, 0.2) is 5.96 Å². The predicted molar refractivity (Wildman–Crippen MR) is 122 cm³/mol. The number of guanidine groups is 1. The van der Waals surface area contributed by atoms with Gasteiger partial charge in [0.05, 0.1) is 18.8 Å². The number of aliphatic imine (C=N–C) groups is 1. The normalized spacial score (nSPS) is 22.0. The number of nitrogens with one attached hydrogen (secondary N) is 2. The average molecular weight is 490 g/mol. The van der Waals surface area contributed by atoms with E-state index in [1.165, 1.54) is 0 Å². The molecule has 1 heterocycles. The van der Waals surface area contributed by atoms with E-state index in [0.29, 0.717) is 18.8 Å². The number of hydrogen-bond donors (Lipinski definition) is 3. The van der Waals surface area contributed by atoms with Crippen molar-refractivity contribution in [3.8, 4) is 0 Å². The van der Waals surface area contributed by atoms with E-state index in [4.69, 9.17) is 4.74 Å². The smallest absolute Gasteiger partial charge is 0.191 e. The molecule has 154 valence electrons. The van der Waals surface area contributed by atoms with Gasteiger partial charge in [-0.05, 0) is 25.8 Å². The maximum absolute atomic E-state index is 9.65. The van der Waals surface area contributed by atoms with Gasteiger partial charge in [0.25, 0.3) is 0 Å². The van der Waals surface area contributed by atoms with Crippen LogP contribution in [-0.4, -0.2) is 74.6 Å². The zero-order valence-corrected chi connectivity index (χ0v) is 19.1. The van der Waals surface area contributed by atoms with Crippen LogP contribution in [0.5, 0.6) is 0 Å². The molecule has 1 aromatic carbocycles. The second-order valence-electron chi connectivity index (χ2n) is 7.04. The molecule has 1 aliphatic heterocycles. The zero-order valence-electron chi connectivity index (χ0n) is 16.7. The Morgan fingerprint density at radius 2 is 1.89 bits per heavy atom. The van der Waals surface area contributed by atoms with E-state index in [2.05, 4.69) is 34.4 Å². The lowest BCUT2D eigenvalue weighted by Gasteiger charge is -2.35. The van der Waals surface area contributed by atoms with Crippen LogP contribution >= 0.6 is 24.0 Å². The fraction of sp³-hybridized carbons (Fsp3) is 0.650. The van der Waals surface area contributed by atoms with Crippen LogP contribution in [0.3, 0.4) is 0 Å². The van der Waals surface area contributed by atoms with Crippen molar-refractivity contribution < 1.29 is 9.84 Å². The molecular weight excluding hydrogens is 455 g/mol. The van der Waals surface area contributed by atoms with Crippen molar-refractivity contribution in [1.82, 2.24) is 15.5 Å². The van der Waals surface area contributed by atoms with Gasteiger partial charge in [-0.3, -0.25) is 9.89 Å². The van der Waals surface area contributed by atoms with E-state index in [1.54, 1.807) is 7.05 Å². The van der Waals surface area contributed by atoms with Gasteiger partial charge >= 0.3 is 0 Å². The number of morpholine rings is 1. The Morgan fingerprint density at radius 3 is 2.48 bits per heavy atom.